The lowest BCUT2D eigenvalue weighted by molar-refractivity contribution is -0.384. The number of halogens is 1. The van der Waals surface area contributed by atoms with Gasteiger partial charge in [0.25, 0.3) is 5.69 Å². The molecule has 3 N–H and O–H groups in total. The molecule has 0 aliphatic rings. The third-order valence-corrected chi connectivity index (χ3v) is 2.68. The summed E-state index contributed by atoms with van der Waals surface area (Å²) < 4.78 is 0. The summed E-state index contributed by atoms with van der Waals surface area (Å²) in [5.41, 5.74) is 5.52. The van der Waals surface area contributed by atoms with Crippen molar-refractivity contribution in [3.05, 3.63) is 33.3 Å². The Labute approximate surface area is 109 Å². The molecule has 1 rings (SSSR count). The summed E-state index contributed by atoms with van der Waals surface area (Å²) in [6, 6.07) is 4.12. The van der Waals surface area contributed by atoms with Gasteiger partial charge >= 0.3 is 0 Å². The lowest BCUT2D eigenvalue weighted by Gasteiger charge is -2.09. The van der Waals surface area contributed by atoms with Crippen LogP contribution in [0.2, 0.25) is 5.02 Å². The van der Waals surface area contributed by atoms with E-state index in [1.165, 1.54) is 18.2 Å². The minimum atomic E-state index is -0.597. The molecule has 0 fully saturated rings. The van der Waals surface area contributed by atoms with Gasteiger partial charge in [0, 0.05) is 18.2 Å². The highest BCUT2D eigenvalue weighted by Crippen LogP contribution is 2.27. The predicted molar refractivity (Wildman–Crippen MR) is 69.6 cm³/mol. The first-order valence-corrected chi connectivity index (χ1v) is 5.75. The van der Waals surface area contributed by atoms with Crippen molar-refractivity contribution >= 4 is 28.9 Å². The van der Waals surface area contributed by atoms with Gasteiger partial charge in [-0.25, -0.2) is 0 Å². The first kappa shape index (κ1) is 14.4. The molecule has 0 saturated heterocycles. The summed E-state index contributed by atoms with van der Waals surface area (Å²) in [6.07, 6.45) is 0.271. The van der Waals surface area contributed by atoms with Crippen LogP contribution in [0.15, 0.2) is 18.2 Å². The number of amides is 1. The average Bonchev–Trinajstić information content (AvgIpc) is 2.31. The maximum Gasteiger partial charge on any atom is 0.289 e. The number of hydrogen-bond acceptors (Lipinski definition) is 4. The average molecular weight is 272 g/mol. The van der Waals surface area contributed by atoms with E-state index in [4.69, 9.17) is 17.3 Å². The highest BCUT2D eigenvalue weighted by atomic mass is 35.5. The van der Waals surface area contributed by atoms with Gasteiger partial charge in [0.15, 0.2) is 0 Å². The monoisotopic (exact) mass is 271 g/mol. The molecule has 1 amide bonds. The number of rotatable bonds is 5. The van der Waals surface area contributed by atoms with Crippen molar-refractivity contribution in [1.29, 1.82) is 0 Å². The van der Waals surface area contributed by atoms with Gasteiger partial charge in [-0.2, -0.15) is 0 Å². The summed E-state index contributed by atoms with van der Waals surface area (Å²) in [5, 5.41) is 13.3. The molecule has 1 aromatic carbocycles. The SMILES string of the molecule is CC(CN)CC(=O)Nc1ccc(Cl)c([N+](=O)[O-])c1. The zero-order valence-corrected chi connectivity index (χ0v) is 10.6. The number of benzene rings is 1. The van der Waals surface area contributed by atoms with E-state index in [0.29, 0.717) is 12.2 Å². The van der Waals surface area contributed by atoms with Crippen molar-refractivity contribution in [3.8, 4) is 0 Å². The third kappa shape index (κ3) is 3.97. The van der Waals surface area contributed by atoms with Gasteiger partial charge in [-0.1, -0.05) is 18.5 Å². The van der Waals surface area contributed by atoms with E-state index in [-0.39, 0.29) is 29.0 Å². The molecule has 7 heteroatoms. The Morgan fingerprint density at radius 1 is 1.61 bits per heavy atom. The molecule has 1 aromatic rings. The molecule has 1 atom stereocenters. The topological polar surface area (TPSA) is 98.3 Å². The smallest absolute Gasteiger partial charge is 0.289 e. The van der Waals surface area contributed by atoms with E-state index in [2.05, 4.69) is 5.32 Å². The zero-order chi connectivity index (χ0) is 13.7. The molecule has 0 radical (unpaired) electrons. The second-order valence-electron chi connectivity index (χ2n) is 4.02. The quantitative estimate of drug-likeness (QED) is 0.633. The Morgan fingerprint density at radius 2 is 2.28 bits per heavy atom. The van der Waals surface area contributed by atoms with E-state index in [1.54, 1.807) is 0 Å². The molecular formula is C11H14ClN3O3. The Bertz CT molecular complexity index is 465. The Morgan fingerprint density at radius 3 is 2.83 bits per heavy atom. The normalized spacial score (nSPS) is 11.9. The van der Waals surface area contributed by atoms with Crippen LogP contribution >= 0.6 is 11.6 Å². The van der Waals surface area contributed by atoms with Crippen molar-refractivity contribution in [3.63, 3.8) is 0 Å². The number of nitrogens with two attached hydrogens (primary N) is 1. The van der Waals surface area contributed by atoms with E-state index in [1.807, 2.05) is 6.92 Å². The summed E-state index contributed by atoms with van der Waals surface area (Å²) in [7, 11) is 0. The summed E-state index contributed by atoms with van der Waals surface area (Å²) >= 11 is 5.66. The van der Waals surface area contributed by atoms with Crippen molar-refractivity contribution in [2.75, 3.05) is 11.9 Å². The van der Waals surface area contributed by atoms with Crippen molar-refractivity contribution < 1.29 is 9.72 Å². The zero-order valence-electron chi connectivity index (χ0n) is 9.85. The van der Waals surface area contributed by atoms with Crippen LogP contribution in [-0.4, -0.2) is 17.4 Å². The molecule has 6 nitrogen and oxygen atoms in total. The molecule has 0 aliphatic heterocycles. The fraction of sp³-hybridized carbons (Fsp3) is 0.364. The summed E-state index contributed by atoms with van der Waals surface area (Å²) in [6.45, 7) is 2.26. The molecule has 0 aromatic heterocycles. The van der Waals surface area contributed by atoms with Crippen LogP contribution in [0.1, 0.15) is 13.3 Å². The van der Waals surface area contributed by atoms with Gasteiger partial charge < -0.3 is 11.1 Å². The number of hydrogen-bond donors (Lipinski definition) is 2. The highest BCUT2D eigenvalue weighted by molar-refractivity contribution is 6.32. The number of nitrogens with one attached hydrogen (secondary N) is 1. The van der Waals surface area contributed by atoms with Crippen LogP contribution in [0, 0.1) is 16.0 Å². The Hall–Kier alpha value is -1.66. The number of carbonyl (C=O) groups is 1. The molecule has 0 saturated carbocycles. The van der Waals surface area contributed by atoms with Gasteiger partial charge in [0.1, 0.15) is 5.02 Å². The lowest BCUT2D eigenvalue weighted by Crippen LogP contribution is -2.20. The predicted octanol–water partition coefficient (Wildman–Crippen LogP) is 2.17. The molecule has 0 heterocycles. The van der Waals surface area contributed by atoms with Crippen LogP contribution in [0.3, 0.4) is 0 Å². The largest absolute Gasteiger partial charge is 0.330 e. The third-order valence-electron chi connectivity index (χ3n) is 2.36. The van der Waals surface area contributed by atoms with Crippen molar-refractivity contribution in [1.82, 2.24) is 0 Å². The maximum atomic E-state index is 11.6. The van der Waals surface area contributed by atoms with E-state index < -0.39 is 4.92 Å². The van der Waals surface area contributed by atoms with Crippen LogP contribution in [0.25, 0.3) is 0 Å². The molecular weight excluding hydrogens is 258 g/mol. The second-order valence-corrected chi connectivity index (χ2v) is 4.42. The van der Waals surface area contributed by atoms with Crippen molar-refractivity contribution in [2.24, 2.45) is 11.7 Å². The molecule has 0 spiro atoms. The van der Waals surface area contributed by atoms with Gasteiger partial charge in [-0.3, -0.25) is 14.9 Å². The minimum Gasteiger partial charge on any atom is -0.330 e. The van der Waals surface area contributed by atoms with Gasteiger partial charge in [-0.05, 0) is 24.6 Å². The number of carbonyl (C=O) groups excluding carboxylic acids is 1. The summed E-state index contributed by atoms with van der Waals surface area (Å²) in [4.78, 5) is 21.7. The Kier molecular flexibility index (Phi) is 5.06. The van der Waals surface area contributed by atoms with Gasteiger partial charge in [0.05, 0.1) is 4.92 Å². The number of nitrogens with zero attached hydrogens (tertiary/aromatic N) is 1. The van der Waals surface area contributed by atoms with Gasteiger partial charge in [-0.15, -0.1) is 0 Å². The fourth-order valence-electron chi connectivity index (χ4n) is 1.34. The van der Waals surface area contributed by atoms with E-state index in [0.717, 1.165) is 0 Å². The first-order chi connectivity index (χ1) is 8.43. The van der Waals surface area contributed by atoms with E-state index in [9.17, 15) is 14.9 Å². The van der Waals surface area contributed by atoms with Crippen LogP contribution in [-0.2, 0) is 4.79 Å². The number of nitro groups is 1. The highest BCUT2D eigenvalue weighted by Gasteiger charge is 2.14. The summed E-state index contributed by atoms with van der Waals surface area (Å²) in [5.74, 6) is -0.170. The molecule has 0 bridgehead atoms. The first-order valence-electron chi connectivity index (χ1n) is 5.38. The van der Waals surface area contributed by atoms with E-state index >= 15 is 0 Å². The molecule has 1 unspecified atom stereocenters. The Balaban J connectivity index is 2.76. The van der Waals surface area contributed by atoms with Crippen LogP contribution in [0.5, 0.6) is 0 Å². The lowest BCUT2D eigenvalue weighted by atomic mass is 10.1. The number of nitro benzene ring substituents is 1. The van der Waals surface area contributed by atoms with Crippen molar-refractivity contribution in [2.45, 2.75) is 13.3 Å². The van der Waals surface area contributed by atoms with Gasteiger partial charge in [0.2, 0.25) is 5.91 Å². The number of anilines is 1. The van der Waals surface area contributed by atoms with Crippen LogP contribution < -0.4 is 11.1 Å². The second kappa shape index (κ2) is 6.32. The maximum absolute atomic E-state index is 11.6. The molecule has 98 valence electrons. The molecule has 18 heavy (non-hydrogen) atoms. The van der Waals surface area contributed by atoms with Crippen LogP contribution in [0.4, 0.5) is 11.4 Å². The standard InChI is InChI=1S/C11H14ClN3O3/c1-7(6-13)4-11(16)14-8-2-3-9(12)10(5-8)15(17)18/h2-3,5,7H,4,6,13H2,1H3,(H,14,16). The fourth-order valence-corrected chi connectivity index (χ4v) is 1.53. The minimum absolute atomic E-state index is 0.0355. The molecule has 0 aliphatic carbocycles.